The first kappa shape index (κ1) is 19.3. The highest BCUT2D eigenvalue weighted by atomic mass is 19.1. The van der Waals surface area contributed by atoms with Crippen molar-refractivity contribution in [2.75, 3.05) is 0 Å². The first-order valence-corrected chi connectivity index (χ1v) is 9.63. The van der Waals surface area contributed by atoms with E-state index in [-0.39, 0.29) is 11.6 Å². The molecule has 0 fully saturated rings. The van der Waals surface area contributed by atoms with Crippen molar-refractivity contribution < 1.29 is 8.78 Å². The molecule has 140 valence electrons. The van der Waals surface area contributed by atoms with Gasteiger partial charge in [-0.3, -0.25) is 0 Å². The third kappa shape index (κ3) is 5.26. The zero-order valence-corrected chi connectivity index (χ0v) is 16.1. The maximum atomic E-state index is 14.5. The molecule has 3 rings (SSSR count). The van der Waals surface area contributed by atoms with Crippen LogP contribution in [-0.4, -0.2) is 0 Å². The van der Waals surface area contributed by atoms with Crippen LogP contribution in [0.4, 0.5) is 8.78 Å². The molecule has 3 aromatic carbocycles. The second kappa shape index (κ2) is 8.94. The van der Waals surface area contributed by atoms with Crippen molar-refractivity contribution in [3.63, 3.8) is 0 Å². The average molecular weight is 364 g/mol. The Kier molecular flexibility index (Phi) is 6.39. The molecular weight excluding hydrogens is 338 g/mol. The Bertz CT molecular complexity index is 895. The minimum Gasteiger partial charge on any atom is -0.206 e. The summed E-state index contributed by atoms with van der Waals surface area (Å²) in [6, 6.07) is 18.7. The minimum atomic E-state index is -0.377. The Balaban J connectivity index is 1.52. The molecule has 0 heterocycles. The third-order valence-electron chi connectivity index (χ3n) is 5.00. The summed E-state index contributed by atoms with van der Waals surface area (Å²) in [6.45, 7) is 3.92. The summed E-state index contributed by atoms with van der Waals surface area (Å²) < 4.78 is 28.6. The molecule has 0 aromatic heterocycles. The van der Waals surface area contributed by atoms with Gasteiger partial charge in [-0.05, 0) is 68.4 Å². The summed E-state index contributed by atoms with van der Waals surface area (Å²) >= 11 is 0. The third-order valence-corrected chi connectivity index (χ3v) is 5.00. The monoisotopic (exact) mass is 364 g/mol. The van der Waals surface area contributed by atoms with Crippen LogP contribution in [0.5, 0.6) is 0 Å². The quantitative estimate of drug-likeness (QED) is 0.389. The van der Waals surface area contributed by atoms with Gasteiger partial charge in [0, 0.05) is 11.1 Å². The molecule has 0 atom stereocenters. The predicted molar refractivity (Wildman–Crippen MR) is 109 cm³/mol. The molecule has 0 amide bonds. The van der Waals surface area contributed by atoms with Gasteiger partial charge in [0.2, 0.25) is 0 Å². The SMILES string of the molecule is Cc1ccc(CCCCCc2ccc(-c3ccc(C)cc3F)c(F)c2)cc1. The topological polar surface area (TPSA) is 0 Å². The summed E-state index contributed by atoms with van der Waals surface area (Å²) in [6.07, 6.45) is 5.22. The Morgan fingerprint density at radius 1 is 0.556 bits per heavy atom. The van der Waals surface area contributed by atoms with Crippen molar-refractivity contribution in [3.8, 4) is 11.1 Å². The molecule has 27 heavy (non-hydrogen) atoms. The molecule has 0 spiro atoms. The molecule has 0 bridgehead atoms. The van der Waals surface area contributed by atoms with Gasteiger partial charge < -0.3 is 0 Å². The van der Waals surface area contributed by atoms with Gasteiger partial charge in [0.05, 0.1) is 0 Å². The van der Waals surface area contributed by atoms with Crippen molar-refractivity contribution in [1.82, 2.24) is 0 Å². The summed E-state index contributed by atoms with van der Waals surface area (Å²) in [4.78, 5) is 0. The highest BCUT2D eigenvalue weighted by Gasteiger charge is 2.11. The number of unbranched alkanes of at least 4 members (excludes halogenated alkanes) is 2. The molecule has 0 nitrogen and oxygen atoms in total. The molecule has 0 aliphatic rings. The van der Waals surface area contributed by atoms with E-state index in [1.165, 1.54) is 17.2 Å². The van der Waals surface area contributed by atoms with E-state index in [1.807, 2.05) is 13.0 Å². The zero-order valence-electron chi connectivity index (χ0n) is 16.1. The van der Waals surface area contributed by atoms with Crippen LogP contribution in [0.15, 0.2) is 60.7 Å². The van der Waals surface area contributed by atoms with Crippen LogP contribution < -0.4 is 0 Å². The van der Waals surface area contributed by atoms with Crippen molar-refractivity contribution in [3.05, 3.63) is 94.6 Å². The number of rotatable bonds is 7. The van der Waals surface area contributed by atoms with Crippen LogP contribution >= 0.6 is 0 Å². The fourth-order valence-corrected chi connectivity index (χ4v) is 3.36. The first-order valence-electron chi connectivity index (χ1n) is 9.63. The van der Waals surface area contributed by atoms with Gasteiger partial charge in [0.25, 0.3) is 0 Å². The Morgan fingerprint density at radius 3 is 1.70 bits per heavy atom. The largest absolute Gasteiger partial charge is 0.206 e. The van der Waals surface area contributed by atoms with E-state index in [2.05, 4.69) is 31.2 Å². The number of benzene rings is 3. The predicted octanol–water partition coefficient (Wildman–Crippen LogP) is 7.20. The van der Waals surface area contributed by atoms with Crippen LogP contribution in [0.1, 0.15) is 41.5 Å². The fourth-order valence-electron chi connectivity index (χ4n) is 3.36. The van der Waals surface area contributed by atoms with Crippen LogP contribution in [-0.2, 0) is 12.8 Å². The maximum absolute atomic E-state index is 14.5. The normalized spacial score (nSPS) is 11.0. The molecule has 0 aliphatic carbocycles. The van der Waals surface area contributed by atoms with Gasteiger partial charge in [0.15, 0.2) is 0 Å². The molecule has 0 radical (unpaired) electrons. The van der Waals surface area contributed by atoms with E-state index in [0.717, 1.165) is 43.2 Å². The molecule has 0 saturated heterocycles. The number of aryl methyl sites for hydroxylation is 4. The van der Waals surface area contributed by atoms with Gasteiger partial charge >= 0.3 is 0 Å². The van der Waals surface area contributed by atoms with E-state index in [1.54, 1.807) is 24.3 Å². The summed E-state index contributed by atoms with van der Waals surface area (Å²) in [5, 5.41) is 0. The van der Waals surface area contributed by atoms with Crippen LogP contribution in [0.25, 0.3) is 11.1 Å². The summed E-state index contributed by atoms with van der Waals surface area (Å²) in [7, 11) is 0. The smallest absolute Gasteiger partial charge is 0.131 e. The van der Waals surface area contributed by atoms with E-state index in [9.17, 15) is 8.78 Å². The molecule has 0 unspecified atom stereocenters. The van der Waals surface area contributed by atoms with Crippen LogP contribution in [0, 0.1) is 25.5 Å². The lowest BCUT2D eigenvalue weighted by atomic mass is 9.98. The number of halogens is 2. The van der Waals surface area contributed by atoms with Crippen molar-refractivity contribution in [1.29, 1.82) is 0 Å². The highest BCUT2D eigenvalue weighted by Crippen LogP contribution is 2.27. The lowest BCUT2D eigenvalue weighted by molar-refractivity contribution is 0.613. The Hall–Kier alpha value is -2.48. The van der Waals surface area contributed by atoms with Crippen molar-refractivity contribution in [2.45, 2.75) is 46.0 Å². The zero-order chi connectivity index (χ0) is 19.2. The van der Waals surface area contributed by atoms with Crippen LogP contribution in [0.2, 0.25) is 0 Å². The van der Waals surface area contributed by atoms with Crippen molar-refractivity contribution in [2.24, 2.45) is 0 Å². The molecule has 0 aliphatic heterocycles. The van der Waals surface area contributed by atoms with Gasteiger partial charge in [-0.1, -0.05) is 60.5 Å². The number of hydrogen-bond donors (Lipinski definition) is 0. The molecule has 0 N–H and O–H groups in total. The lowest BCUT2D eigenvalue weighted by Crippen LogP contribution is -1.93. The second-order valence-electron chi connectivity index (χ2n) is 7.34. The van der Waals surface area contributed by atoms with E-state index in [4.69, 9.17) is 0 Å². The lowest BCUT2D eigenvalue weighted by Gasteiger charge is -2.08. The highest BCUT2D eigenvalue weighted by molar-refractivity contribution is 5.65. The van der Waals surface area contributed by atoms with Crippen LogP contribution in [0.3, 0.4) is 0 Å². The van der Waals surface area contributed by atoms with Crippen molar-refractivity contribution >= 4 is 0 Å². The summed E-state index contributed by atoms with van der Waals surface area (Å²) in [5.74, 6) is -0.729. The first-order chi connectivity index (χ1) is 13.0. The standard InChI is InChI=1S/C25H26F2/c1-18-8-11-20(12-9-18)6-4-3-5-7-21-13-15-23(25(27)17-21)22-14-10-19(2)16-24(22)26/h8-17H,3-7H2,1-2H3. The van der Waals surface area contributed by atoms with E-state index >= 15 is 0 Å². The molecule has 2 heteroatoms. The molecule has 0 saturated carbocycles. The summed E-state index contributed by atoms with van der Waals surface area (Å²) in [5.41, 5.74) is 5.11. The second-order valence-corrected chi connectivity index (χ2v) is 7.34. The average Bonchev–Trinajstić information content (AvgIpc) is 2.64. The van der Waals surface area contributed by atoms with Gasteiger partial charge in [-0.15, -0.1) is 0 Å². The van der Waals surface area contributed by atoms with Gasteiger partial charge in [-0.2, -0.15) is 0 Å². The maximum Gasteiger partial charge on any atom is 0.131 e. The van der Waals surface area contributed by atoms with E-state index in [0.29, 0.717) is 11.1 Å². The van der Waals surface area contributed by atoms with Gasteiger partial charge in [-0.25, -0.2) is 8.78 Å². The minimum absolute atomic E-state index is 0.322. The molecule has 3 aromatic rings. The Morgan fingerprint density at radius 2 is 1.07 bits per heavy atom. The number of hydrogen-bond acceptors (Lipinski definition) is 0. The molecular formula is C25H26F2. The fraction of sp³-hybridized carbons (Fsp3) is 0.280. The Labute approximate surface area is 160 Å². The van der Waals surface area contributed by atoms with E-state index < -0.39 is 0 Å². The van der Waals surface area contributed by atoms with Gasteiger partial charge in [0.1, 0.15) is 11.6 Å².